The maximum absolute atomic E-state index is 12.5. The van der Waals surface area contributed by atoms with Crippen molar-refractivity contribution < 1.29 is 9.59 Å². The lowest BCUT2D eigenvalue weighted by Crippen LogP contribution is -2.35. The van der Waals surface area contributed by atoms with Crippen molar-refractivity contribution in [3.05, 3.63) is 23.2 Å². The van der Waals surface area contributed by atoms with Crippen LogP contribution in [-0.2, 0) is 9.59 Å². The molecule has 0 heterocycles. The normalized spacial score (nSPS) is 18.0. The van der Waals surface area contributed by atoms with E-state index in [1.807, 2.05) is 0 Å². The number of rotatable bonds is 6. The van der Waals surface area contributed by atoms with Gasteiger partial charge in [-0.1, -0.05) is 50.1 Å². The summed E-state index contributed by atoms with van der Waals surface area (Å²) < 4.78 is 0. The first kappa shape index (κ1) is 17.3. The molecule has 0 atom stereocenters. The molecule has 0 spiro atoms. The van der Waals surface area contributed by atoms with Gasteiger partial charge in [-0.3, -0.25) is 9.59 Å². The first-order chi connectivity index (χ1) is 11.5. The van der Waals surface area contributed by atoms with E-state index in [9.17, 15) is 9.59 Å². The van der Waals surface area contributed by atoms with Gasteiger partial charge in [0, 0.05) is 19.0 Å². The van der Waals surface area contributed by atoms with Gasteiger partial charge in [-0.25, -0.2) is 0 Å². The Morgan fingerprint density at radius 1 is 1.12 bits per heavy atom. The summed E-state index contributed by atoms with van der Waals surface area (Å²) in [5.41, 5.74) is 1.20. The molecule has 2 aliphatic rings. The van der Waals surface area contributed by atoms with Gasteiger partial charge in [-0.15, -0.1) is 0 Å². The lowest BCUT2D eigenvalue weighted by Gasteiger charge is -2.42. The third kappa shape index (κ3) is 4.10. The minimum Gasteiger partial charge on any atom is -0.326 e. The monoisotopic (exact) mass is 348 g/mol. The maximum atomic E-state index is 12.5. The topological polar surface area (TPSA) is 58.2 Å². The van der Waals surface area contributed by atoms with Gasteiger partial charge in [0.1, 0.15) is 0 Å². The molecule has 24 heavy (non-hydrogen) atoms. The summed E-state index contributed by atoms with van der Waals surface area (Å²) in [7, 11) is 0. The maximum Gasteiger partial charge on any atom is 0.224 e. The zero-order chi connectivity index (χ0) is 17.1. The SMILES string of the molecule is CC(=O)Nc1cc(NC(=O)CC(C2CCC2)C2CCC2)ccc1Cl. The lowest BCUT2D eigenvalue weighted by atomic mass is 9.63. The second kappa shape index (κ2) is 7.56. The van der Waals surface area contributed by atoms with E-state index in [2.05, 4.69) is 10.6 Å². The van der Waals surface area contributed by atoms with Crippen LogP contribution in [0, 0.1) is 17.8 Å². The molecule has 4 nitrogen and oxygen atoms in total. The van der Waals surface area contributed by atoms with E-state index in [1.165, 1.54) is 45.4 Å². The van der Waals surface area contributed by atoms with Crippen molar-refractivity contribution in [3.8, 4) is 0 Å². The molecule has 0 aliphatic heterocycles. The fourth-order valence-corrected chi connectivity index (χ4v) is 3.93. The Hall–Kier alpha value is -1.55. The molecule has 2 saturated carbocycles. The Balaban J connectivity index is 1.62. The van der Waals surface area contributed by atoms with Gasteiger partial charge >= 0.3 is 0 Å². The Morgan fingerprint density at radius 2 is 1.75 bits per heavy atom. The third-order valence-corrected chi connectivity index (χ3v) is 5.82. The molecule has 2 amide bonds. The van der Waals surface area contributed by atoms with Gasteiger partial charge in [0.15, 0.2) is 0 Å². The molecule has 0 aromatic heterocycles. The van der Waals surface area contributed by atoms with Crippen LogP contribution in [0.1, 0.15) is 51.9 Å². The number of halogens is 1. The molecule has 0 bridgehead atoms. The zero-order valence-corrected chi connectivity index (χ0v) is 14.9. The molecular formula is C19H25ClN2O2. The van der Waals surface area contributed by atoms with Crippen molar-refractivity contribution in [2.45, 2.75) is 51.9 Å². The van der Waals surface area contributed by atoms with Crippen LogP contribution in [0.4, 0.5) is 11.4 Å². The van der Waals surface area contributed by atoms with Crippen molar-refractivity contribution >= 4 is 34.8 Å². The average Bonchev–Trinajstić information content (AvgIpc) is 2.38. The second-order valence-electron chi connectivity index (χ2n) is 7.17. The number of benzene rings is 1. The van der Waals surface area contributed by atoms with Crippen LogP contribution in [-0.4, -0.2) is 11.8 Å². The van der Waals surface area contributed by atoms with Gasteiger partial charge in [-0.2, -0.15) is 0 Å². The highest BCUT2D eigenvalue weighted by molar-refractivity contribution is 6.33. The van der Waals surface area contributed by atoms with E-state index >= 15 is 0 Å². The molecule has 0 saturated heterocycles. The summed E-state index contributed by atoms with van der Waals surface area (Å²) in [5, 5.41) is 6.11. The number of carbonyl (C=O) groups excluding carboxylic acids is 2. The fourth-order valence-electron chi connectivity index (χ4n) is 3.77. The Bertz CT molecular complexity index is 610. The van der Waals surface area contributed by atoms with Crippen molar-refractivity contribution in [1.82, 2.24) is 0 Å². The van der Waals surface area contributed by atoms with Crippen LogP contribution < -0.4 is 10.6 Å². The third-order valence-electron chi connectivity index (χ3n) is 5.49. The minimum atomic E-state index is -0.185. The molecule has 3 rings (SSSR count). The van der Waals surface area contributed by atoms with E-state index in [-0.39, 0.29) is 11.8 Å². The smallest absolute Gasteiger partial charge is 0.224 e. The average molecular weight is 349 g/mol. The van der Waals surface area contributed by atoms with Crippen LogP contribution in [0.15, 0.2) is 18.2 Å². The van der Waals surface area contributed by atoms with Gasteiger partial charge < -0.3 is 10.6 Å². The molecule has 0 radical (unpaired) electrons. The molecule has 130 valence electrons. The number of hydrogen-bond donors (Lipinski definition) is 2. The molecular weight excluding hydrogens is 324 g/mol. The van der Waals surface area contributed by atoms with Gasteiger partial charge in [0.2, 0.25) is 11.8 Å². The standard InChI is InChI=1S/C19H25ClN2O2/c1-12(23)21-18-10-15(8-9-17(18)20)22-19(24)11-16(13-4-2-5-13)14-6-3-7-14/h8-10,13-14,16H,2-7,11H2,1H3,(H,21,23)(H,22,24). The molecule has 1 aromatic carbocycles. The van der Waals surface area contributed by atoms with E-state index in [4.69, 9.17) is 11.6 Å². The fraction of sp³-hybridized carbons (Fsp3) is 0.579. The predicted octanol–water partition coefficient (Wildman–Crippen LogP) is 4.84. The Kier molecular flexibility index (Phi) is 5.44. The molecule has 0 unspecified atom stereocenters. The summed E-state index contributed by atoms with van der Waals surface area (Å²) in [6, 6.07) is 5.17. The Labute approximate surface area is 148 Å². The van der Waals surface area contributed by atoms with Gasteiger partial charge in [-0.05, 0) is 36.0 Å². The minimum absolute atomic E-state index is 0.0647. The van der Waals surface area contributed by atoms with Crippen molar-refractivity contribution in [3.63, 3.8) is 0 Å². The largest absolute Gasteiger partial charge is 0.326 e. The van der Waals surface area contributed by atoms with Crippen LogP contribution in [0.5, 0.6) is 0 Å². The lowest BCUT2D eigenvalue weighted by molar-refractivity contribution is -0.119. The number of nitrogens with one attached hydrogen (secondary N) is 2. The van der Waals surface area contributed by atoms with E-state index < -0.39 is 0 Å². The molecule has 2 fully saturated rings. The molecule has 2 N–H and O–H groups in total. The van der Waals surface area contributed by atoms with Crippen molar-refractivity contribution in [1.29, 1.82) is 0 Å². The first-order valence-electron chi connectivity index (χ1n) is 8.90. The highest BCUT2D eigenvalue weighted by atomic mass is 35.5. The number of hydrogen-bond acceptors (Lipinski definition) is 2. The summed E-state index contributed by atoms with van der Waals surface area (Å²) in [4.78, 5) is 23.7. The van der Waals surface area contributed by atoms with Gasteiger partial charge in [0.05, 0.1) is 10.7 Å². The van der Waals surface area contributed by atoms with Crippen LogP contribution in [0.3, 0.4) is 0 Å². The Morgan fingerprint density at radius 3 is 2.25 bits per heavy atom. The summed E-state index contributed by atoms with van der Waals surface area (Å²) in [6.45, 7) is 1.43. The first-order valence-corrected chi connectivity index (χ1v) is 9.27. The summed E-state index contributed by atoms with van der Waals surface area (Å²) >= 11 is 6.07. The van der Waals surface area contributed by atoms with Crippen LogP contribution in [0.2, 0.25) is 5.02 Å². The van der Waals surface area contributed by atoms with Crippen LogP contribution in [0.25, 0.3) is 0 Å². The van der Waals surface area contributed by atoms with Crippen LogP contribution >= 0.6 is 11.6 Å². The molecule has 1 aromatic rings. The van der Waals surface area contributed by atoms with E-state index in [0.717, 1.165) is 11.8 Å². The zero-order valence-electron chi connectivity index (χ0n) is 14.1. The number of carbonyl (C=O) groups is 2. The van der Waals surface area contributed by atoms with Crippen molar-refractivity contribution in [2.24, 2.45) is 17.8 Å². The highest BCUT2D eigenvalue weighted by Gasteiger charge is 2.37. The summed E-state index contributed by atoms with van der Waals surface area (Å²) in [5.74, 6) is 1.89. The molecule has 2 aliphatic carbocycles. The van der Waals surface area contributed by atoms with E-state index in [1.54, 1.807) is 18.2 Å². The number of anilines is 2. The van der Waals surface area contributed by atoms with Gasteiger partial charge in [0.25, 0.3) is 0 Å². The highest BCUT2D eigenvalue weighted by Crippen LogP contribution is 2.46. The summed E-state index contributed by atoms with van der Waals surface area (Å²) in [6.07, 6.45) is 8.35. The molecule has 5 heteroatoms. The predicted molar refractivity (Wildman–Crippen MR) is 97.2 cm³/mol. The quantitative estimate of drug-likeness (QED) is 0.772. The second-order valence-corrected chi connectivity index (χ2v) is 7.58. The van der Waals surface area contributed by atoms with E-state index in [0.29, 0.717) is 28.7 Å². The van der Waals surface area contributed by atoms with Crippen molar-refractivity contribution in [2.75, 3.05) is 10.6 Å². The number of amides is 2.